The van der Waals surface area contributed by atoms with Crippen LogP contribution in [-0.2, 0) is 17.8 Å². The van der Waals surface area contributed by atoms with Crippen molar-refractivity contribution in [3.8, 4) is 23.0 Å². The maximum absolute atomic E-state index is 12.2. The van der Waals surface area contributed by atoms with Gasteiger partial charge in [0.15, 0.2) is 6.61 Å². The number of nitrogens with two attached hydrogens (primary N) is 1. The summed E-state index contributed by atoms with van der Waals surface area (Å²) in [5.74, 6) is 2.89. The van der Waals surface area contributed by atoms with E-state index in [9.17, 15) is 4.79 Å². The Morgan fingerprint density at radius 2 is 1.52 bits per heavy atom. The van der Waals surface area contributed by atoms with Crippen LogP contribution >= 0.6 is 0 Å². The lowest BCUT2D eigenvalue weighted by Crippen LogP contribution is -2.43. The topological polar surface area (TPSA) is 89.3 Å². The second kappa shape index (κ2) is 15.3. The number of carbonyl (C=O) groups excluding carboxylic acids is 1. The number of aryl methyl sites for hydroxylation is 1. The lowest BCUT2D eigenvalue weighted by Gasteiger charge is -2.32. The van der Waals surface area contributed by atoms with E-state index in [0.29, 0.717) is 31.9 Å². The van der Waals surface area contributed by atoms with E-state index in [0.717, 1.165) is 62.0 Å². The number of amides is 1. The van der Waals surface area contributed by atoms with Crippen molar-refractivity contribution in [3.05, 3.63) is 83.4 Å². The van der Waals surface area contributed by atoms with Crippen LogP contribution in [0.2, 0.25) is 0 Å². The summed E-state index contributed by atoms with van der Waals surface area (Å²) in [6.45, 7) is 9.02. The van der Waals surface area contributed by atoms with E-state index in [2.05, 4.69) is 40.4 Å². The largest absolute Gasteiger partial charge is 0.494 e. The number of benzene rings is 3. The molecule has 8 heteroatoms. The minimum absolute atomic E-state index is 0.00462. The third kappa shape index (κ3) is 9.55. The first kappa shape index (κ1) is 29.4. The number of nitrogens with one attached hydrogen (secondary N) is 1. The molecule has 1 amide bonds. The lowest BCUT2D eigenvalue weighted by atomic mass is 10.1. The second-order valence-corrected chi connectivity index (χ2v) is 10.3. The highest BCUT2D eigenvalue weighted by atomic mass is 16.5. The highest BCUT2D eigenvalue weighted by Crippen LogP contribution is 2.27. The van der Waals surface area contributed by atoms with Crippen LogP contribution in [0.15, 0.2) is 66.7 Å². The number of likely N-dealkylation sites (N-methyl/N-ethyl adjacent to an activating group) is 1. The summed E-state index contributed by atoms with van der Waals surface area (Å²) in [5, 5.41) is 2.88. The van der Waals surface area contributed by atoms with Crippen molar-refractivity contribution in [2.75, 3.05) is 59.5 Å². The van der Waals surface area contributed by atoms with Gasteiger partial charge in [0, 0.05) is 39.3 Å². The van der Waals surface area contributed by atoms with Gasteiger partial charge in [-0.15, -0.1) is 0 Å². The maximum Gasteiger partial charge on any atom is 0.257 e. The van der Waals surface area contributed by atoms with Gasteiger partial charge in [-0.25, -0.2) is 0 Å². The molecular formula is C32H42N4O4. The first-order chi connectivity index (χ1) is 19.5. The third-order valence-electron chi connectivity index (χ3n) is 6.93. The van der Waals surface area contributed by atoms with E-state index in [1.807, 2.05) is 55.5 Å². The minimum atomic E-state index is -0.144. The number of rotatable bonds is 14. The van der Waals surface area contributed by atoms with Crippen molar-refractivity contribution in [1.82, 2.24) is 15.1 Å². The van der Waals surface area contributed by atoms with Gasteiger partial charge in [-0.05, 0) is 92.5 Å². The van der Waals surface area contributed by atoms with E-state index < -0.39 is 0 Å². The molecule has 40 heavy (non-hydrogen) atoms. The summed E-state index contributed by atoms with van der Waals surface area (Å²) in [6, 6.07) is 21.7. The number of ether oxygens (including phenoxy) is 3. The van der Waals surface area contributed by atoms with Gasteiger partial charge >= 0.3 is 0 Å². The average molecular weight is 547 g/mol. The summed E-state index contributed by atoms with van der Waals surface area (Å²) in [6.07, 6.45) is 1.55. The van der Waals surface area contributed by atoms with Gasteiger partial charge in [0.05, 0.1) is 6.61 Å². The quantitative estimate of drug-likeness (QED) is 0.296. The monoisotopic (exact) mass is 546 g/mol. The molecule has 0 spiro atoms. The van der Waals surface area contributed by atoms with Gasteiger partial charge in [-0.1, -0.05) is 24.3 Å². The van der Waals surface area contributed by atoms with Gasteiger partial charge in [-0.3, -0.25) is 9.69 Å². The number of hydrogen-bond acceptors (Lipinski definition) is 7. The SMILES string of the molecule is Cc1cc(CCN)ccc1Oc1ccc(OCCCNC(=O)COc2ccc(CN3CCN(C)CC3)cc2)cc1. The Morgan fingerprint density at radius 3 is 2.23 bits per heavy atom. The van der Waals surface area contributed by atoms with Gasteiger partial charge < -0.3 is 30.2 Å². The summed E-state index contributed by atoms with van der Waals surface area (Å²) >= 11 is 0. The van der Waals surface area contributed by atoms with E-state index in [1.165, 1.54) is 11.1 Å². The predicted molar refractivity (Wildman–Crippen MR) is 158 cm³/mol. The molecule has 3 aromatic carbocycles. The molecule has 1 fully saturated rings. The van der Waals surface area contributed by atoms with Crippen molar-refractivity contribution in [2.24, 2.45) is 5.73 Å². The van der Waals surface area contributed by atoms with Gasteiger partial charge in [0.25, 0.3) is 5.91 Å². The molecule has 214 valence electrons. The highest BCUT2D eigenvalue weighted by molar-refractivity contribution is 5.77. The number of nitrogens with zero attached hydrogens (tertiary/aromatic N) is 2. The zero-order valence-electron chi connectivity index (χ0n) is 23.7. The predicted octanol–water partition coefficient (Wildman–Crippen LogP) is 4.00. The van der Waals surface area contributed by atoms with Crippen LogP contribution in [0.25, 0.3) is 0 Å². The Hall–Kier alpha value is -3.59. The zero-order chi connectivity index (χ0) is 28.2. The highest BCUT2D eigenvalue weighted by Gasteiger charge is 2.14. The van der Waals surface area contributed by atoms with Crippen LogP contribution in [0.3, 0.4) is 0 Å². The van der Waals surface area contributed by atoms with Gasteiger partial charge in [0.2, 0.25) is 0 Å². The number of piperazine rings is 1. The number of hydrogen-bond donors (Lipinski definition) is 2. The third-order valence-corrected chi connectivity index (χ3v) is 6.93. The van der Waals surface area contributed by atoms with Crippen LogP contribution in [-0.4, -0.2) is 75.2 Å². The van der Waals surface area contributed by atoms with Crippen molar-refractivity contribution >= 4 is 5.91 Å². The fraction of sp³-hybridized carbons (Fsp3) is 0.406. The molecule has 3 N–H and O–H groups in total. The molecule has 8 nitrogen and oxygen atoms in total. The van der Waals surface area contributed by atoms with Crippen molar-refractivity contribution in [3.63, 3.8) is 0 Å². The zero-order valence-corrected chi connectivity index (χ0v) is 23.7. The van der Waals surface area contributed by atoms with E-state index in [4.69, 9.17) is 19.9 Å². The van der Waals surface area contributed by atoms with Crippen LogP contribution in [0, 0.1) is 6.92 Å². The summed E-state index contributed by atoms with van der Waals surface area (Å²) in [5.41, 5.74) is 9.19. The smallest absolute Gasteiger partial charge is 0.257 e. The molecule has 0 radical (unpaired) electrons. The van der Waals surface area contributed by atoms with E-state index >= 15 is 0 Å². The fourth-order valence-corrected chi connectivity index (χ4v) is 4.52. The molecular weight excluding hydrogens is 504 g/mol. The molecule has 3 aromatic rings. The Labute approximate surface area is 238 Å². The summed E-state index contributed by atoms with van der Waals surface area (Å²) < 4.78 is 17.5. The molecule has 0 aliphatic carbocycles. The molecule has 1 heterocycles. The molecule has 0 saturated carbocycles. The maximum atomic E-state index is 12.2. The molecule has 1 saturated heterocycles. The molecule has 1 aliphatic heterocycles. The second-order valence-electron chi connectivity index (χ2n) is 10.3. The number of carbonyl (C=O) groups is 1. The van der Waals surface area contributed by atoms with Gasteiger partial charge in [-0.2, -0.15) is 0 Å². The molecule has 0 bridgehead atoms. The van der Waals surface area contributed by atoms with E-state index in [1.54, 1.807) is 0 Å². The van der Waals surface area contributed by atoms with Crippen LogP contribution in [0.4, 0.5) is 0 Å². The summed E-state index contributed by atoms with van der Waals surface area (Å²) in [7, 11) is 2.16. The van der Waals surface area contributed by atoms with Crippen LogP contribution in [0.1, 0.15) is 23.1 Å². The normalized spacial score (nSPS) is 14.1. The van der Waals surface area contributed by atoms with Gasteiger partial charge in [0.1, 0.15) is 23.0 Å². The Kier molecular flexibility index (Phi) is 11.2. The fourth-order valence-electron chi connectivity index (χ4n) is 4.52. The van der Waals surface area contributed by atoms with Crippen molar-refractivity contribution in [1.29, 1.82) is 0 Å². The first-order valence-corrected chi connectivity index (χ1v) is 14.1. The average Bonchev–Trinajstić information content (AvgIpc) is 2.96. The summed E-state index contributed by atoms with van der Waals surface area (Å²) in [4.78, 5) is 17.0. The molecule has 0 aromatic heterocycles. The lowest BCUT2D eigenvalue weighted by molar-refractivity contribution is -0.123. The van der Waals surface area contributed by atoms with Crippen molar-refractivity contribution < 1.29 is 19.0 Å². The first-order valence-electron chi connectivity index (χ1n) is 14.1. The standard InChI is InChI=1S/C32H42N4O4/c1-25-22-26(14-15-33)6-13-31(25)40-30-11-9-28(10-12-30)38-21-3-16-34-32(37)24-39-29-7-4-27(5-8-29)23-36-19-17-35(2)18-20-36/h4-13,22H,3,14-21,23-24,33H2,1-2H3,(H,34,37). The van der Waals surface area contributed by atoms with Crippen LogP contribution in [0.5, 0.6) is 23.0 Å². The van der Waals surface area contributed by atoms with Crippen molar-refractivity contribution in [2.45, 2.75) is 26.3 Å². The van der Waals surface area contributed by atoms with E-state index in [-0.39, 0.29) is 12.5 Å². The Bertz CT molecular complexity index is 1190. The minimum Gasteiger partial charge on any atom is -0.494 e. The molecule has 0 atom stereocenters. The molecule has 4 rings (SSSR count). The van der Waals surface area contributed by atoms with Crippen LogP contribution < -0.4 is 25.3 Å². The Morgan fingerprint density at radius 1 is 0.875 bits per heavy atom. The molecule has 1 aliphatic rings. The molecule has 0 unspecified atom stereocenters. The Balaban J connectivity index is 1.08.